The standard InChI is InChI=1S/C14H15Cl2N3/c15-9-3-4-10(11(16)7-9)12-8-18-13(19-12)14(17)5-1-2-6-14/h3-4,7-8H,1-2,5-6,17H2,(H,18,19). The predicted molar refractivity (Wildman–Crippen MR) is 78.4 cm³/mol. The lowest BCUT2D eigenvalue weighted by molar-refractivity contribution is 0.436. The summed E-state index contributed by atoms with van der Waals surface area (Å²) in [4.78, 5) is 7.75. The highest BCUT2D eigenvalue weighted by Gasteiger charge is 2.34. The summed E-state index contributed by atoms with van der Waals surface area (Å²) in [6.07, 6.45) is 6.07. The first-order valence-corrected chi connectivity index (χ1v) is 7.14. The highest BCUT2D eigenvalue weighted by atomic mass is 35.5. The van der Waals surface area contributed by atoms with Gasteiger partial charge in [-0.1, -0.05) is 36.0 Å². The molecule has 0 amide bonds. The van der Waals surface area contributed by atoms with Crippen LogP contribution in [0.15, 0.2) is 24.4 Å². The summed E-state index contributed by atoms with van der Waals surface area (Å²) in [5.41, 5.74) is 7.86. The molecule has 2 aromatic rings. The van der Waals surface area contributed by atoms with Gasteiger partial charge >= 0.3 is 0 Å². The van der Waals surface area contributed by atoms with Gasteiger partial charge in [0.25, 0.3) is 0 Å². The van der Waals surface area contributed by atoms with Crippen molar-refractivity contribution in [1.82, 2.24) is 9.97 Å². The maximum atomic E-state index is 6.39. The minimum absolute atomic E-state index is 0.308. The fourth-order valence-electron chi connectivity index (χ4n) is 2.66. The van der Waals surface area contributed by atoms with Crippen LogP contribution in [0.2, 0.25) is 10.0 Å². The van der Waals surface area contributed by atoms with Crippen molar-refractivity contribution in [1.29, 1.82) is 0 Å². The summed E-state index contributed by atoms with van der Waals surface area (Å²) >= 11 is 12.1. The second-order valence-corrected chi connectivity index (χ2v) is 5.98. The first kappa shape index (κ1) is 13.0. The Kier molecular flexibility index (Phi) is 3.29. The van der Waals surface area contributed by atoms with Crippen molar-refractivity contribution in [2.75, 3.05) is 0 Å². The van der Waals surface area contributed by atoms with Gasteiger partial charge in [0.1, 0.15) is 5.82 Å². The second-order valence-electron chi connectivity index (χ2n) is 5.13. The third kappa shape index (κ3) is 2.38. The van der Waals surface area contributed by atoms with E-state index in [-0.39, 0.29) is 5.54 Å². The molecular formula is C14H15Cl2N3. The van der Waals surface area contributed by atoms with Crippen molar-refractivity contribution >= 4 is 23.2 Å². The number of halogens is 2. The quantitative estimate of drug-likeness (QED) is 0.876. The zero-order valence-corrected chi connectivity index (χ0v) is 11.9. The van der Waals surface area contributed by atoms with Crippen molar-refractivity contribution in [3.63, 3.8) is 0 Å². The maximum absolute atomic E-state index is 6.39. The Morgan fingerprint density at radius 3 is 2.63 bits per heavy atom. The molecule has 19 heavy (non-hydrogen) atoms. The second kappa shape index (κ2) is 4.82. The van der Waals surface area contributed by atoms with Crippen molar-refractivity contribution in [3.05, 3.63) is 40.3 Å². The molecule has 3 nitrogen and oxygen atoms in total. The molecule has 3 N–H and O–H groups in total. The maximum Gasteiger partial charge on any atom is 0.126 e. The molecule has 1 aliphatic rings. The monoisotopic (exact) mass is 295 g/mol. The third-order valence-corrected chi connectivity index (χ3v) is 4.31. The van der Waals surface area contributed by atoms with Crippen LogP contribution in [0.4, 0.5) is 0 Å². The number of hydrogen-bond acceptors (Lipinski definition) is 2. The number of hydrogen-bond donors (Lipinski definition) is 2. The van der Waals surface area contributed by atoms with Crippen molar-refractivity contribution < 1.29 is 0 Å². The molecule has 0 atom stereocenters. The Morgan fingerprint density at radius 2 is 1.95 bits per heavy atom. The first-order chi connectivity index (χ1) is 9.08. The molecule has 1 aliphatic carbocycles. The number of imidazole rings is 1. The van der Waals surface area contributed by atoms with Gasteiger partial charge in [-0.3, -0.25) is 0 Å². The lowest BCUT2D eigenvalue weighted by Gasteiger charge is -2.20. The van der Waals surface area contributed by atoms with Crippen LogP contribution in [-0.4, -0.2) is 9.97 Å². The summed E-state index contributed by atoms with van der Waals surface area (Å²) in [5, 5.41) is 1.24. The summed E-state index contributed by atoms with van der Waals surface area (Å²) < 4.78 is 0. The van der Waals surface area contributed by atoms with E-state index in [1.165, 1.54) is 0 Å². The van der Waals surface area contributed by atoms with Crippen LogP contribution in [0, 0.1) is 0 Å². The smallest absolute Gasteiger partial charge is 0.126 e. The van der Waals surface area contributed by atoms with Crippen LogP contribution in [-0.2, 0) is 5.54 Å². The lowest BCUT2D eigenvalue weighted by atomic mass is 9.99. The molecule has 3 rings (SSSR count). The number of nitrogens with two attached hydrogens (primary N) is 1. The molecule has 1 heterocycles. The van der Waals surface area contributed by atoms with Gasteiger partial charge in [-0.05, 0) is 31.0 Å². The van der Waals surface area contributed by atoms with Crippen molar-refractivity contribution in [2.45, 2.75) is 31.2 Å². The molecule has 5 heteroatoms. The van der Waals surface area contributed by atoms with Gasteiger partial charge in [-0.15, -0.1) is 0 Å². The Labute approximate surface area is 122 Å². The largest absolute Gasteiger partial charge is 0.340 e. The van der Waals surface area contributed by atoms with Crippen LogP contribution < -0.4 is 5.73 Å². The Balaban J connectivity index is 1.97. The highest BCUT2D eigenvalue weighted by Crippen LogP contribution is 2.36. The molecule has 0 aliphatic heterocycles. The molecule has 0 unspecified atom stereocenters. The van der Waals surface area contributed by atoms with Gasteiger partial charge in [0.05, 0.1) is 22.5 Å². The highest BCUT2D eigenvalue weighted by molar-refractivity contribution is 6.36. The normalized spacial score (nSPS) is 17.8. The Hall–Kier alpha value is -1.03. The van der Waals surface area contributed by atoms with Crippen molar-refractivity contribution in [3.8, 4) is 11.3 Å². The number of nitrogens with zero attached hydrogens (tertiary/aromatic N) is 1. The van der Waals surface area contributed by atoms with Crippen LogP contribution in [0.25, 0.3) is 11.3 Å². The fourth-order valence-corrected chi connectivity index (χ4v) is 3.17. The van der Waals surface area contributed by atoms with Gasteiger partial charge in [0.15, 0.2) is 0 Å². The van der Waals surface area contributed by atoms with E-state index < -0.39 is 0 Å². The molecule has 0 spiro atoms. The molecule has 100 valence electrons. The zero-order valence-electron chi connectivity index (χ0n) is 10.4. The molecule has 0 saturated heterocycles. The minimum atomic E-state index is -0.308. The summed E-state index contributed by atoms with van der Waals surface area (Å²) in [6, 6.07) is 5.43. The Bertz CT molecular complexity index is 600. The first-order valence-electron chi connectivity index (χ1n) is 6.38. The average molecular weight is 296 g/mol. The van der Waals surface area contributed by atoms with Gasteiger partial charge in [0.2, 0.25) is 0 Å². The summed E-state index contributed by atoms with van der Waals surface area (Å²) in [5.74, 6) is 0.853. The molecule has 1 fully saturated rings. The van der Waals surface area contributed by atoms with Crippen LogP contribution >= 0.6 is 23.2 Å². The van der Waals surface area contributed by atoms with Crippen LogP contribution in [0.1, 0.15) is 31.5 Å². The van der Waals surface area contributed by atoms with Gasteiger partial charge < -0.3 is 10.7 Å². The van der Waals surface area contributed by atoms with Gasteiger partial charge in [-0.25, -0.2) is 4.98 Å². The SMILES string of the molecule is NC1(c2ncc(-c3ccc(Cl)cc3Cl)[nH]2)CCCC1. The van der Waals surface area contributed by atoms with E-state index in [0.717, 1.165) is 42.8 Å². The number of nitrogens with one attached hydrogen (secondary N) is 1. The van der Waals surface area contributed by atoms with Gasteiger partial charge in [-0.2, -0.15) is 0 Å². The number of rotatable bonds is 2. The van der Waals surface area contributed by atoms with E-state index in [9.17, 15) is 0 Å². The minimum Gasteiger partial charge on any atom is -0.340 e. The van der Waals surface area contributed by atoms with E-state index in [0.29, 0.717) is 10.0 Å². The van der Waals surface area contributed by atoms with Crippen LogP contribution in [0.3, 0.4) is 0 Å². The van der Waals surface area contributed by atoms with Crippen molar-refractivity contribution in [2.24, 2.45) is 5.73 Å². The number of benzene rings is 1. The fraction of sp³-hybridized carbons (Fsp3) is 0.357. The van der Waals surface area contributed by atoms with E-state index in [1.54, 1.807) is 12.3 Å². The lowest BCUT2D eigenvalue weighted by Crippen LogP contribution is -2.34. The molecule has 0 radical (unpaired) electrons. The van der Waals surface area contributed by atoms with E-state index in [1.807, 2.05) is 12.1 Å². The zero-order chi connectivity index (χ0) is 13.5. The molecule has 1 saturated carbocycles. The number of aromatic nitrogens is 2. The molecular weight excluding hydrogens is 281 g/mol. The topological polar surface area (TPSA) is 54.7 Å². The molecule has 1 aromatic heterocycles. The van der Waals surface area contributed by atoms with E-state index in [4.69, 9.17) is 28.9 Å². The number of aromatic amines is 1. The molecule has 1 aromatic carbocycles. The van der Waals surface area contributed by atoms with Crippen LogP contribution in [0.5, 0.6) is 0 Å². The molecule has 0 bridgehead atoms. The van der Waals surface area contributed by atoms with E-state index in [2.05, 4.69) is 9.97 Å². The summed E-state index contributed by atoms with van der Waals surface area (Å²) in [7, 11) is 0. The predicted octanol–water partition coefficient (Wildman–Crippen LogP) is 4.11. The number of H-pyrrole nitrogens is 1. The summed E-state index contributed by atoms with van der Waals surface area (Å²) in [6.45, 7) is 0. The third-order valence-electron chi connectivity index (χ3n) is 3.76. The average Bonchev–Trinajstić information content (AvgIpc) is 2.99. The Morgan fingerprint density at radius 1 is 1.21 bits per heavy atom. The van der Waals surface area contributed by atoms with Gasteiger partial charge in [0, 0.05) is 10.6 Å². The van der Waals surface area contributed by atoms with E-state index >= 15 is 0 Å².